The predicted octanol–water partition coefficient (Wildman–Crippen LogP) is 1.06. The molecule has 1 aromatic heterocycles. The summed E-state index contributed by atoms with van der Waals surface area (Å²) in [5.41, 5.74) is 0. The van der Waals surface area contributed by atoms with Crippen LogP contribution in [0.2, 0.25) is 0 Å². The van der Waals surface area contributed by atoms with Crippen molar-refractivity contribution >= 4 is 0 Å². The van der Waals surface area contributed by atoms with Gasteiger partial charge in [0.2, 0.25) is 5.89 Å². The fourth-order valence-electron chi connectivity index (χ4n) is 1.44. The van der Waals surface area contributed by atoms with E-state index in [1.54, 1.807) is 0 Å². The molecular weight excluding hydrogens is 166 g/mol. The molecule has 0 saturated heterocycles. The number of nitrogens with zero attached hydrogens (tertiary/aromatic N) is 2. The van der Waals surface area contributed by atoms with E-state index in [1.165, 1.54) is 19.3 Å². The molecule has 1 heterocycles. The highest BCUT2D eigenvalue weighted by Gasteiger charge is 2.16. The van der Waals surface area contributed by atoms with E-state index in [4.69, 9.17) is 4.52 Å². The molecule has 2 rings (SSSR count). The van der Waals surface area contributed by atoms with E-state index in [2.05, 4.69) is 15.5 Å². The lowest BCUT2D eigenvalue weighted by Crippen LogP contribution is -2.36. The highest BCUT2D eigenvalue weighted by molar-refractivity contribution is 4.85. The van der Waals surface area contributed by atoms with Gasteiger partial charge < -0.3 is 9.84 Å². The second-order valence-electron chi connectivity index (χ2n) is 3.56. The maximum atomic E-state index is 4.87. The third-order valence-electron chi connectivity index (χ3n) is 2.46. The van der Waals surface area contributed by atoms with Crippen molar-refractivity contribution in [3.63, 3.8) is 0 Å². The third kappa shape index (κ3) is 2.28. The third-order valence-corrected chi connectivity index (χ3v) is 2.46. The van der Waals surface area contributed by atoms with Crippen molar-refractivity contribution in [2.75, 3.05) is 6.54 Å². The zero-order valence-electron chi connectivity index (χ0n) is 7.92. The first-order chi connectivity index (χ1) is 6.34. The van der Waals surface area contributed by atoms with Crippen LogP contribution in [0.15, 0.2) is 4.52 Å². The first kappa shape index (κ1) is 8.69. The van der Waals surface area contributed by atoms with Gasteiger partial charge in [0.05, 0.1) is 0 Å². The minimum atomic E-state index is 0.652. The Labute approximate surface area is 77.7 Å². The maximum absolute atomic E-state index is 4.87. The lowest BCUT2D eigenvalue weighted by molar-refractivity contribution is 0.339. The van der Waals surface area contributed by atoms with E-state index in [9.17, 15) is 0 Å². The molecule has 1 aliphatic rings. The van der Waals surface area contributed by atoms with Gasteiger partial charge in [0.25, 0.3) is 0 Å². The van der Waals surface area contributed by atoms with Gasteiger partial charge in [-0.25, -0.2) is 0 Å². The van der Waals surface area contributed by atoms with Crippen LogP contribution in [-0.4, -0.2) is 22.7 Å². The molecular formula is C9H15N3O. The Kier molecular flexibility index (Phi) is 2.59. The first-order valence-corrected chi connectivity index (χ1v) is 4.87. The fraction of sp³-hybridized carbons (Fsp3) is 0.778. The van der Waals surface area contributed by atoms with Gasteiger partial charge >= 0.3 is 0 Å². The van der Waals surface area contributed by atoms with Gasteiger partial charge in [0.15, 0.2) is 5.82 Å². The molecule has 0 bridgehead atoms. The summed E-state index contributed by atoms with van der Waals surface area (Å²) >= 11 is 0. The number of aromatic nitrogens is 2. The summed E-state index contributed by atoms with van der Waals surface area (Å²) in [5.74, 6) is 1.46. The van der Waals surface area contributed by atoms with Crippen molar-refractivity contribution < 1.29 is 4.52 Å². The van der Waals surface area contributed by atoms with Crippen LogP contribution >= 0.6 is 0 Å². The molecule has 1 N–H and O–H groups in total. The van der Waals surface area contributed by atoms with Crippen LogP contribution < -0.4 is 5.32 Å². The number of nitrogens with one attached hydrogen (secondary N) is 1. The molecule has 4 nitrogen and oxygen atoms in total. The number of hydrogen-bond acceptors (Lipinski definition) is 4. The highest BCUT2D eigenvalue weighted by atomic mass is 16.5. The second-order valence-corrected chi connectivity index (χ2v) is 3.56. The van der Waals surface area contributed by atoms with Crippen LogP contribution in [0.5, 0.6) is 0 Å². The molecule has 0 atom stereocenters. The minimum absolute atomic E-state index is 0.652. The summed E-state index contributed by atoms with van der Waals surface area (Å²) in [6, 6.07) is 0.744. The molecule has 0 aromatic carbocycles. The van der Waals surface area contributed by atoms with Gasteiger partial charge in [-0.1, -0.05) is 11.6 Å². The summed E-state index contributed by atoms with van der Waals surface area (Å²) < 4.78 is 4.87. The van der Waals surface area contributed by atoms with Crippen molar-refractivity contribution in [3.8, 4) is 0 Å². The molecule has 0 spiro atoms. The van der Waals surface area contributed by atoms with Gasteiger partial charge in [0.1, 0.15) is 0 Å². The smallest absolute Gasteiger partial charge is 0.223 e. The Hall–Kier alpha value is -0.900. The molecule has 4 heteroatoms. The van der Waals surface area contributed by atoms with Crippen LogP contribution in [0, 0.1) is 6.92 Å². The lowest BCUT2D eigenvalue weighted by atomic mass is 9.93. The largest absolute Gasteiger partial charge is 0.340 e. The topological polar surface area (TPSA) is 51.0 Å². The Bertz CT molecular complexity index is 268. The number of rotatable bonds is 4. The van der Waals surface area contributed by atoms with Gasteiger partial charge in [0, 0.05) is 25.9 Å². The van der Waals surface area contributed by atoms with Crippen LogP contribution in [0.3, 0.4) is 0 Å². The number of hydrogen-bond donors (Lipinski definition) is 1. The van der Waals surface area contributed by atoms with E-state index in [1.807, 2.05) is 6.92 Å². The van der Waals surface area contributed by atoms with Crippen LogP contribution in [0.4, 0.5) is 0 Å². The van der Waals surface area contributed by atoms with Crippen LogP contribution in [0.1, 0.15) is 31.0 Å². The summed E-state index contributed by atoms with van der Waals surface area (Å²) in [6.07, 6.45) is 4.89. The van der Waals surface area contributed by atoms with E-state index >= 15 is 0 Å². The fourth-order valence-corrected chi connectivity index (χ4v) is 1.44. The van der Waals surface area contributed by atoms with Gasteiger partial charge in [-0.2, -0.15) is 4.98 Å². The first-order valence-electron chi connectivity index (χ1n) is 4.87. The second kappa shape index (κ2) is 3.87. The molecule has 1 fully saturated rings. The zero-order chi connectivity index (χ0) is 9.10. The van der Waals surface area contributed by atoms with Gasteiger partial charge in [-0.15, -0.1) is 0 Å². The molecule has 0 unspecified atom stereocenters. The summed E-state index contributed by atoms with van der Waals surface area (Å²) in [6.45, 7) is 2.78. The molecule has 0 radical (unpaired) electrons. The van der Waals surface area contributed by atoms with Gasteiger partial charge in [-0.3, -0.25) is 0 Å². The van der Waals surface area contributed by atoms with Gasteiger partial charge in [-0.05, 0) is 12.8 Å². The normalized spacial score (nSPS) is 17.3. The Morgan fingerprint density at radius 3 is 2.92 bits per heavy atom. The molecule has 1 aliphatic carbocycles. The number of aryl methyl sites for hydroxylation is 1. The van der Waals surface area contributed by atoms with Crippen LogP contribution in [-0.2, 0) is 6.42 Å². The molecule has 1 saturated carbocycles. The lowest BCUT2D eigenvalue weighted by Gasteiger charge is -2.26. The average molecular weight is 181 g/mol. The minimum Gasteiger partial charge on any atom is -0.340 e. The Morgan fingerprint density at radius 2 is 2.38 bits per heavy atom. The molecule has 13 heavy (non-hydrogen) atoms. The molecule has 72 valence electrons. The van der Waals surface area contributed by atoms with Crippen molar-refractivity contribution in [1.29, 1.82) is 0 Å². The van der Waals surface area contributed by atoms with E-state index in [0.717, 1.165) is 24.8 Å². The highest BCUT2D eigenvalue weighted by Crippen LogP contribution is 2.17. The maximum Gasteiger partial charge on any atom is 0.223 e. The quantitative estimate of drug-likeness (QED) is 0.754. The van der Waals surface area contributed by atoms with Crippen molar-refractivity contribution in [3.05, 3.63) is 11.7 Å². The summed E-state index contributed by atoms with van der Waals surface area (Å²) in [4.78, 5) is 4.13. The predicted molar refractivity (Wildman–Crippen MR) is 48.4 cm³/mol. The summed E-state index contributed by atoms with van der Waals surface area (Å²) in [5, 5.41) is 7.29. The van der Waals surface area contributed by atoms with Crippen molar-refractivity contribution in [2.45, 2.75) is 38.6 Å². The van der Waals surface area contributed by atoms with E-state index in [0.29, 0.717) is 5.89 Å². The SMILES string of the molecule is Cc1nc(CCNC2CCC2)no1. The van der Waals surface area contributed by atoms with E-state index < -0.39 is 0 Å². The Balaban J connectivity index is 1.67. The van der Waals surface area contributed by atoms with Crippen molar-refractivity contribution in [2.24, 2.45) is 0 Å². The molecule has 0 aliphatic heterocycles. The molecule has 0 amide bonds. The standard InChI is InChI=1S/C9H15N3O/c1-7-11-9(12-13-7)5-6-10-8-3-2-4-8/h8,10H,2-6H2,1H3. The summed E-state index contributed by atoms with van der Waals surface area (Å²) in [7, 11) is 0. The zero-order valence-corrected chi connectivity index (χ0v) is 7.92. The average Bonchev–Trinajstić information content (AvgIpc) is 2.42. The van der Waals surface area contributed by atoms with Crippen LogP contribution in [0.25, 0.3) is 0 Å². The molecule has 1 aromatic rings. The van der Waals surface area contributed by atoms with Crippen molar-refractivity contribution in [1.82, 2.24) is 15.5 Å². The Morgan fingerprint density at radius 1 is 1.54 bits per heavy atom. The monoisotopic (exact) mass is 181 g/mol. The van der Waals surface area contributed by atoms with E-state index in [-0.39, 0.29) is 0 Å².